The molecule has 0 aliphatic carbocycles. The van der Waals surface area contributed by atoms with E-state index in [1.165, 1.54) is 0 Å². The molecular formula is C25H24N4O2. The summed E-state index contributed by atoms with van der Waals surface area (Å²) in [7, 11) is 3.91. The van der Waals surface area contributed by atoms with E-state index in [2.05, 4.69) is 15.8 Å². The van der Waals surface area contributed by atoms with Gasteiger partial charge in [-0.1, -0.05) is 60.7 Å². The van der Waals surface area contributed by atoms with E-state index in [0.29, 0.717) is 5.56 Å². The Morgan fingerprint density at radius 3 is 2.03 bits per heavy atom. The fourth-order valence-corrected chi connectivity index (χ4v) is 2.74. The SMILES string of the molecule is CN(C)c1ccc(/C=C(\NC(=O)c2ccccc2)C(=O)N/N=C\c2ccccc2)cc1. The zero-order valence-electron chi connectivity index (χ0n) is 17.4. The highest BCUT2D eigenvalue weighted by atomic mass is 16.2. The van der Waals surface area contributed by atoms with E-state index in [-0.39, 0.29) is 11.6 Å². The maximum atomic E-state index is 12.8. The van der Waals surface area contributed by atoms with Crippen molar-refractivity contribution in [1.29, 1.82) is 0 Å². The molecule has 0 aliphatic heterocycles. The average Bonchev–Trinajstić information content (AvgIpc) is 2.80. The summed E-state index contributed by atoms with van der Waals surface area (Å²) in [5.41, 5.74) is 5.68. The van der Waals surface area contributed by atoms with Gasteiger partial charge >= 0.3 is 0 Å². The van der Waals surface area contributed by atoms with Crippen LogP contribution in [0.4, 0.5) is 5.69 Å². The quantitative estimate of drug-likeness (QED) is 0.353. The van der Waals surface area contributed by atoms with E-state index in [4.69, 9.17) is 0 Å². The second-order valence-corrected chi connectivity index (χ2v) is 6.97. The molecule has 0 saturated carbocycles. The Morgan fingerprint density at radius 1 is 0.806 bits per heavy atom. The predicted molar refractivity (Wildman–Crippen MR) is 125 cm³/mol. The van der Waals surface area contributed by atoms with Crippen LogP contribution in [0.25, 0.3) is 6.08 Å². The van der Waals surface area contributed by atoms with Crippen LogP contribution in [0.3, 0.4) is 0 Å². The minimum absolute atomic E-state index is 0.0941. The molecule has 0 atom stereocenters. The molecule has 2 N–H and O–H groups in total. The first-order valence-electron chi connectivity index (χ1n) is 9.77. The van der Waals surface area contributed by atoms with E-state index in [1.807, 2.05) is 79.7 Å². The Morgan fingerprint density at radius 2 is 1.42 bits per heavy atom. The lowest BCUT2D eigenvalue weighted by Crippen LogP contribution is -2.32. The fraction of sp³-hybridized carbons (Fsp3) is 0.0800. The van der Waals surface area contributed by atoms with Crippen LogP contribution in [0.5, 0.6) is 0 Å². The Balaban J connectivity index is 1.81. The molecule has 0 radical (unpaired) electrons. The van der Waals surface area contributed by atoms with Gasteiger partial charge in [0.1, 0.15) is 5.70 Å². The Hall–Kier alpha value is -4.19. The summed E-state index contributed by atoms with van der Waals surface area (Å²) in [4.78, 5) is 27.4. The smallest absolute Gasteiger partial charge is 0.287 e. The van der Waals surface area contributed by atoms with Gasteiger partial charge in [-0.25, -0.2) is 5.43 Å². The third kappa shape index (κ3) is 6.40. The standard InChI is InChI=1S/C25H24N4O2/c1-29(2)22-15-13-19(14-16-22)17-23(27-24(30)21-11-7-4-8-12-21)25(31)28-26-18-20-9-5-3-6-10-20/h3-18H,1-2H3,(H,27,30)(H,28,31)/b23-17-,26-18-. The van der Waals surface area contributed by atoms with Crippen molar-refractivity contribution in [2.24, 2.45) is 5.10 Å². The molecule has 0 unspecified atom stereocenters. The van der Waals surface area contributed by atoms with E-state index in [9.17, 15) is 9.59 Å². The van der Waals surface area contributed by atoms with Gasteiger partial charge in [-0.2, -0.15) is 5.10 Å². The lowest BCUT2D eigenvalue weighted by Gasteiger charge is -2.12. The number of hydrogen-bond donors (Lipinski definition) is 2. The monoisotopic (exact) mass is 412 g/mol. The van der Waals surface area contributed by atoms with Crippen LogP contribution >= 0.6 is 0 Å². The van der Waals surface area contributed by atoms with Crippen LogP contribution in [0.2, 0.25) is 0 Å². The lowest BCUT2D eigenvalue weighted by molar-refractivity contribution is -0.117. The van der Waals surface area contributed by atoms with Crippen LogP contribution in [-0.2, 0) is 4.79 Å². The molecule has 2 amide bonds. The van der Waals surface area contributed by atoms with Crippen molar-refractivity contribution >= 4 is 29.8 Å². The molecule has 6 nitrogen and oxygen atoms in total. The maximum absolute atomic E-state index is 12.8. The summed E-state index contributed by atoms with van der Waals surface area (Å²) in [6.45, 7) is 0. The van der Waals surface area contributed by atoms with Gasteiger partial charge in [0.2, 0.25) is 0 Å². The number of nitrogens with zero attached hydrogens (tertiary/aromatic N) is 2. The fourth-order valence-electron chi connectivity index (χ4n) is 2.74. The van der Waals surface area contributed by atoms with Crippen molar-refractivity contribution in [3.63, 3.8) is 0 Å². The van der Waals surface area contributed by atoms with Crippen molar-refractivity contribution in [3.05, 3.63) is 107 Å². The minimum Gasteiger partial charge on any atom is -0.378 e. The van der Waals surface area contributed by atoms with Crippen molar-refractivity contribution in [2.45, 2.75) is 0 Å². The number of amides is 2. The number of anilines is 1. The Kier molecular flexibility index (Phi) is 7.32. The first-order chi connectivity index (χ1) is 15.0. The van der Waals surface area contributed by atoms with E-state index in [0.717, 1.165) is 16.8 Å². The van der Waals surface area contributed by atoms with Gasteiger partial charge in [0.15, 0.2) is 0 Å². The van der Waals surface area contributed by atoms with E-state index >= 15 is 0 Å². The summed E-state index contributed by atoms with van der Waals surface area (Å²) < 4.78 is 0. The highest BCUT2D eigenvalue weighted by molar-refractivity contribution is 6.05. The van der Waals surface area contributed by atoms with Gasteiger partial charge in [0.25, 0.3) is 11.8 Å². The summed E-state index contributed by atoms with van der Waals surface area (Å²) in [6, 6.07) is 25.8. The molecule has 0 bridgehead atoms. The number of rotatable bonds is 7. The van der Waals surface area contributed by atoms with Crippen LogP contribution in [-0.4, -0.2) is 32.1 Å². The largest absolute Gasteiger partial charge is 0.378 e. The van der Waals surface area contributed by atoms with Crippen LogP contribution in [0, 0.1) is 0 Å². The molecule has 156 valence electrons. The first-order valence-corrected chi connectivity index (χ1v) is 9.77. The van der Waals surface area contributed by atoms with Crippen LogP contribution in [0.1, 0.15) is 21.5 Å². The van der Waals surface area contributed by atoms with Crippen molar-refractivity contribution < 1.29 is 9.59 Å². The van der Waals surface area contributed by atoms with Gasteiger partial charge < -0.3 is 10.2 Å². The maximum Gasteiger partial charge on any atom is 0.287 e. The highest BCUT2D eigenvalue weighted by Gasteiger charge is 2.14. The summed E-state index contributed by atoms with van der Waals surface area (Å²) in [5.74, 6) is -0.896. The zero-order chi connectivity index (χ0) is 22.1. The Bertz CT molecular complexity index is 1070. The van der Waals surface area contributed by atoms with E-state index < -0.39 is 5.91 Å². The molecule has 0 aliphatic rings. The molecule has 3 aromatic carbocycles. The van der Waals surface area contributed by atoms with Crippen molar-refractivity contribution in [2.75, 3.05) is 19.0 Å². The molecule has 6 heteroatoms. The number of carbonyl (C=O) groups excluding carboxylic acids is 2. The minimum atomic E-state index is -0.520. The molecule has 31 heavy (non-hydrogen) atoms. The van der Waals surface area contributed by atoms with Crippen LogP contribution in [0.15, 0.2) is 95.7 Å². The number of hydrogen-bond acceptors (Lipinski definition) is 4. The predicted octanol–water partition coefficient (Wildman–Crippen LogP) is 3.67. The number of nitrogens with one attached hydrogen (secondary N) is 2. The zero-order valence-corrected chi connectivity index (χ0v) is 17.4. The summed E-state index contributed by atoms with van der Waals surface area (Å²) in [5, 5.41) is 6.69. The molecular weight excluding hydrogens is 388 g/mol. The van der Waals surface area contributed by atoms with Crippen LogP contribution < -0.4 is 15.6 Å². The third-order valence-electron chi connectivity index (χ3n) is 4.43. The molecule has 0 spiro atoms. The second-order valence-electron chi connectivity index (χ2n) is 6.97. The molecule has 0 fully saturated rings. The van der Waals surface area contributed by atoms with Gasteiger partial charge in [0, 0.05) is 25.3 Å². The third-order valence-corrected chi connectivity index (χ3v) is 4.43. The second kappa shape index (κ2) is 10.5. The molecule has 0 aromatic heterocycles. The van der Waals surface area contributed by atoms with Gasteiger partial charge in [-0.05, 0) is 41.5 Å². The number of hydrazone groups is 1. The summed E-state index contributed by atoms with van der Waals surface area (Å²) in [6.07, 6.45) is 3.16. The lowest BCUT2D eigenvalue weighted by atomic mass is 10.1. The molecule has 0 heterocycles. The molecule has 3 aromatic rings. The summed E-state index contributed by atoms with van der Waals surface area (Å²) >= 11 is 0. The Labute approximate surface area is 181 Å². The van der Waals surface area contributed by atoms with E-state index in [1.54, 1.807) is 36.6 Å². The first kappa shape index (κ1) is 21.5. The van der Waals surface area contributed by atoms with Crippen molar-refractivity contribution in [1.82, 2.24) is 10.7 Å². The molecule has 3 rings (SSSR count). The number of carbonyl (C=O) groups is 2. The molecule has 0 saturated heterocycles. The average molecular weight is 412 g/mol. The van der Waals surface area contributed by atoms with Gasteiger partial charge in [-0.15, -0.1) is 0 Å². The van der Waals surface area contributed by atoms with Crippen molar-refractivity contribution in [3.8, 4) is 0 Å². The van der Waals surface area contributed by atoms with Gasteiger partial charge in [-0.3, -0.25) is 9.59 Å². The highest BCUT2D eigenvalue weighted by Crippen LogP contribution is 2.14. The topological polar surface area (TPSA) is 73.8 Å². The normalized spacial score (nSPS) is 11.2. The number of benzene rings is 3. The van der Waals surface area contributed by atoms with Gasteiger partial charge in [0.05, 0.1) is 6.21 Å².